The molecule has 0 saturated heterocycles. The summed E-state index contributed by atoms with van der Waals surface area (Å²) in [6.45, 7) is 2.58. The number of hydrogen-bond donors (Lipinski definition) is 2. The topological polar surface area (TPSA) is 81.4 Å². The molecule has 1 aromatic rings. The highest BCUT2D eigenvalue weighted by atomic mass is 16.5. The van der Waals surface area contributed by atoms with Crippen molar-refractivity contribution >= 4 is 11.9 Å². The van der Waals surface area contributed by atoms with Crippen LogP contribution < -0.4 is 11.1 Å². The first kappa shape index (κ1) is 16.2. The molecule has 0 heterocycles. The predicted octanol–water partition coefficient (Wildman–Crippen LogP) is 1.02. The fraction of sp³-hybridized carbons (Fsp3) is 0.467. The number of nitrogens with one attached hydrogen (secondary N) is 1. The van der Waals surface area contributed by atoms with E-state index in [0.29, 0.717) is 32.4 Å². The van der Waals surface area contributed by atoms with E-state index in [4.69, 9.17) is 10.5 Å². The molecule has 1 atom stereocenters. The molecule has 1 amide bonds. The van der Waals surface area contributed by atoms with E-state index in [1.807, 2.05) is 30.3 Å². The van der Waals surface area contributed by atoms with Crippen LogP contribution in [0, 0.1) is 0 Å². The molecule has 5 heteroatoms. The predicted molar refractivity (Wildman–Crippen MR) is 77.0 cm³/mol. The van der Waals surface area contributed by atoms with Gasteiger partial charge in [0, 0.05) is 13.0 Å². The molecule has 0 radical (unpaired) electrons. The second kappa shape index (κ2) is 9.09. The number of hydrogen-bond acceptors (Lipinski definition) is 4. The van der Waals surface area contributed by atoms with Crippen molar-refractivity contribution in [2.24, 2.45) is 5.73 Å². The zero-order valence-electron chi connectivity index (χ0n) is 11.8. The summed E-state index contributed by atoms with van der Waals surface area (Å²) < 4.78 is 4.80. The van der Waals surface area contributed by atoms with Crippen LogP contribution in [-0.2, 0) is 20.7 Å². The van der Waals surface area contributed by atoms with Gasteiger partial charge >= 0.3 is 5.97 Å². The summed E-state index contributed by atoms with van der Waals surface area (Å²) in [5.74, 6) is -0.437. The van der Waals surface area contributed by atoms with Crippen molar-refractivity contribution in [2.75, 3.05) is 13.2 Å². The van der Waals surface area contributed by atoms with Gasteiger partial charge in [0.15, 0.2) is 0 Å². The molecule has 5 nitrogen and oxygen atoms in total. The monoisotopic (exact) mass is 278 g/mol. The van der Waals surface area contributed by atoms with E-state index in [1.54, 1.807) is 6.92 Å². The molecule has 0 aromatic heterocycles. The van der Waals surface area contributed by atoms with E-state index in [1.165, 1.54) is 0 Å². The minimum Gasteiger partial charge on any atom is -0.466 e. The van der Waals surface area contributed by atoms with Crippen molar-refractivity contribution < 1.29 is 14.3 Å². The third-order valence-electron chi connectivity index (χ3n) is 2.80. The molecule has 0 fully saturated rings. The minimum atomic E-state index is -0.569. The molecule has 1 aromatic carbocycles. The lowest BCUT2D eigenvalue weighted by Crippen LogP contribution is -2.42. The Balaban J connectivity index is 2.20. The molecule has 0 aliphatic heterocycles. The Morgan fingerprint density at radius 2 is 2.00 bits per heavy atom. The highest BCUT2D eigenvalue weighted by molar-refractivity contribution is 5.81. The third-order valence-corrected chi connectivity index (χ3v) is 2.80. The summed E-state index contributed by atoms with van der Waals surface area (Å²) in [7, 11) is 0. The summed E-state index contributed by atoms with van der Waals surface area (Å²) in [6, 6.07) is 9.06. The van der Waals surface area contributed by atoms with Gasteiger partial charge in [-0.15, -0.1) is 0 Å². The number of carbonyl (C=O) groups excluding carboxylic acids is 2. The quantitative estimate of drug-likeness (QED) is 0.549. The second-order valence-electron chi connectivity index (χ2n) is 4.50. The third kappa shape index (κ3) is 6.33. The molecule has 110 valence electrons. The summed E-state index contributed by atoms with van der Waals surface area (Å²) >= 11 is 0. The lowest BCUT2D eigenvalue weighted by molar-refractivity contribution is -0.143. The normalized spacial score (nSPS) is 11.7. The Bertz CT molecular complexity index is 420. The lowest BCUT2D eigenvalue weighted by atomic mass is 10.1. The van der Waals surface area contributed by atoms with Crippen molar-refractivity contribution in [1.82, 2.24) is 5.32 Å². The first-order chi connectivity index (χ1) is 9.63. The highest BCUT2D eigenvalue weighted by Crippen LogP contribution is 2.02. The number of nitrogens with two attached hydrogens (primary N) is 1. The number of benzene rings is 1. The zero-order chi connectivity index (χ0) is 14.8. The summed E-state index contributed by atoms with van der Waals surface area (Å²) in [6.07, 6.45) is 1.37. The maximum atomic E-state index is 11.8. The van der Waals surface area contributed by atoms with Gasteiger partial charge in [-0.25, -0.2) is 0 Å². The largest absolute Gasteiger partial charge is 0.466 e. The van der Waals surface area contributed by atoms with Crippen LogP contribution in [0.4, 0.5) is 0 Å². The van der Waals surface area contributed by atoms with Gasteiger partial charge in [-0.1, -0.05) is 30.3 Å². The van der Waals surface area contributed by atoms with Gasteiger partial charge in [0.2, 0.25) is 5.91 Å². The fourth-order valence-electron chi connectivity index (χ4n) is 1.77. The van der Waals surface area contributed by atoms with E-state index in [9.17, 15) is 9.59 Å². The van der Waals surface area contributed by atoms with Gasteiger partial charge in [-0.3, -0.25) is 9.59 Å². The first-order valence-electron chi connectivity index (χ1n) is 6.86. The number of carbonyl (C=O) groups is 2. The molecule has 0 spiro atoms. The summed E-state index contributed by atoms with van der Waals surface area (Å²) in [5.41, 5.74) is 6.86. The average molecular weight is 278 g/mol. The average Bonchev–Trinajstić information content (AvgIpc) is 2.44. The molecule has 0 aliphatic rings. The Morgan fingerprint density at radius 1 is 1.30 bits per heavy atom. The molecule has 0 saturated carbocycles. The van der Waals surface area contributed by atoms with Crippen molar-refractivity contribution in [3.05, 3.63) is 35.9 Å². The van der Waals surface area contributed by atoms with Crippen LogP contribution in [0.2, 0.25) is 0 Å². The van der Waals surface area contributed by atoms with E-state index < -0.39 is 6.04 Å². The highest BCUT2D eigenvalue weighted by Gasteiger charge is 2.13. The van der Waals surface area contributed by atoms with E-state index in [-0.39, 0.29) is 11.9 Å². The van der Waals surface area contributed by atoms with E-state index in [2.05, 4.69) is 5.32 Å². The smallest absolute Gasteiger partial charge is 0.305 e. The lowest BCUT2D eigenvalue weighted by Gasteiger charge is -2.12. The molecule has 3 N–H and O–H groups in total. The Labute approximate surface area is 119 Å². The van der Waals surface area contributed by atoms with Crippen molar-refractivity contribution in [1.29, 1.82) is 0 Å². The molecule has 0 unspecified atom stereocenters. The summed E-state index contributed by atoms with van der Waals surface area (Å²) in [5, 5.41) is 2.73. The molecule has 0 aliphatic carbocycles. The van der Waals surface area contributed by atoms with Crippen LogP contribution in [-0.4, -0.2) is 31.1 Å². The summed E-state index contributed by atoms with van der Waals surface area (Å²) in [4.78, 5) is 22.9. The fourth-order valence-corrected chi connectivity index (χ4v) is 1.77. The van der Waals surface area contributed by atoms with Crippen LogP contribution in [0.25, 0.3) is 0 Å². The van der Waals surface area contributed by atoms with Gasteiger partial charge < -0.3 is 15.8 Å². The Hall–Kier alpha value is -1.88. The van der Waals surface area contributed by atoms with Crippen molar-refractivity contribution in [3.63, 3.8) is 0 Å². The molecule has 20 heavy (non-hydrogen) atoms. The number of ether oxygens (including phenoxy) is 1. The van der Waals surface area contributed by atoms with Gasteiger partial charge in [-0.2, -0.15) is 0 Å². The number of amides is 1. The van der Waals surface area contributed by atoms with Crippen molar-refractivity contribution in [3.8, 4) is 0 Å². The number of esters is 1. The van der Waals surface area contributed by atoms with Gasteiger partial charge in [0.05, 0.1) is 12.6 Å². The maximum Gasteiger partial charge on any atom is 0.305 e. The first-order valence-corrected chi connectivity index (χ1v) is 6.86. The maximum absolute atomic E-state index is 11.8. The van der Waals surface area contributed by atoms with Crippen LogP contribution in [0.5, 0.6) is 0 Å². The van der Waals surface area contributed by atoms with E-state index >= 15 is 0 Å². The zero-order valence-corrected chi connectivity index (χ0v) is 11.8. The van der Waals surface area contributed by atoms with Crippen LogP contribution in [0.1, 0.15) is 25.3 Å². The SMILES string of the molecule is CCOC(=O)CCCNC(=O)[C@@H](N)Cc1ccccc1. The second-order valence-corrected chi connectivity index (χ2v) is 4.50. The molecular formula is C15H22N2O3. The van der Waals surface area contributed by atoms with E-state index in [0.717, 1.165) is 5.56 Å². The molecule has 1 rings (SSSR count). The van der Waals surface area contributed by atoms with Gasteiger partial charge in [-0.05, 0) is 25.3 Å². The Morgan fingerprint density at radius 3 is 2.65 bits per heavy atom. The molecule has 0 bridgehead atoms. The van der Waals surface area contributed by atoms with Crippen LogP contribution in [0.3, 0.4) is 0 Å². The minimum absolute atomic E-state index is 0.197. The van der Waals surface area contributed by atoms with Gasteiger partial charge in [0.1, 0.15) is 0 Å². The van der Waals surface area contributed by atoms with Crippen LogP contribution >= 0.6 is 0 Å². The Kier molecular flexibility index (Phi) is 7.35. The van der Waals surface area contributed by atoms with Crippen molar-refractivity contribution in [2.45, 2.75) is 32.2 Å². The molecular weight excluding hydrogens is 256 g/mol. The van der Waals surface area contributed by atoms with Crippen LogP contribution in [0.15, 0.2) is 30.3 Å². The number of rotatable bonds is 8. The van der Waals surface area contributed by atoms with Gasteiger partial charge in [0.25, 0.3) is 0 Å². The standard InChI is InChI=1S/C15H22N2O3/c1-2-20-14(18)9-6-10-17-15(19)13(16)11-12-7-4-3-5-8-12/h3-5,7-8,13H,2,6,9-11,16H2,1H3,(H,17,19)/t13-/m0/s1.